The van der Waals surface area contributed by atoms with Crippen molar-refractivity contribution >= 4 is 17.5 Å². The van der Waals surface area contributed by atoms with Crippen molar-refractivity contribution in [2.24, 2.45) is 0 Å². The normalized spacial score (nSPS) is 14.6. The number of hydrogen-bond donors (Lipinski definition) is 0. The predicted molar refractivity (Wildman–Crippen MR) is 91.9 cm³/mol. The Morgan fingerprint density at radius 3 is 2.57 bits per heavy atom. The Kier molecular flexibility index (Phi) is 4.86. The van der Waals surface area contributed by atoms with Crippen LogP contribution in [-0.2, 0) is 0 Å². The van der Waals surface area contributed by atoms with E-state index >= 15 is 0 Å². The van der Waals surface area contributed by atoms with E-state index in [0.717, 1.165) is 31.6 Å². The van der Waals surface area contributed by atoms with Gasteiger partial charge in [0, 0.05) is 31.5 Å². The summed E-state index contributed by atoms with van der Waals surface area (Å²) in [5.41, 5.74) is 1.34. The van der Waals surface area contributed by atoms with Crippen LogP contribution < -0.4 is 9.80 Å². The molecule has 3 rings (SSSR count). The Hall–Kier alpha value is -2.43. The fraction of sp³-hybridized carbons (Fsp3) is 0.389. The van der Waals surface area contributed by atoms with E-state index in [2.05, 4.69) is 14.9 Å². The molecule has 0 bridgehead atoms. The summed E-state index contributed by atoms with van der Waals surface area (Å²) in [4.78, 5) is 25.6. The summed E-state index contributed by atoms with van der Waals surface area (Å²) in [6, 6.07) is 11.4. The lowest BCUT2D eigenvalue weighted by Crippen LogP contribution is -2.34. The maximum absolute atomic E-state index is 12.8. The van der Waals surface area contributed by atoms with Crippen molar-refractivity contribution in [1.82, 2.24) is 9.97 Å². The Morgan fingerprint density at radius 1 is 1.13 bits per heavy atom. The summed E-state index contributed by atoms with van der Waals surface area (Å²) >= 11 is 0. The number of rotatable bonds is 4. The van der Waals surface area contributed by atoms with E-state index in [-0.39, 0.29) is 5.91 Å². The fourth-order valence-electron chi connectivity index (χ4n) is 2.90. The van der Waals surface area contributed by atoms with Crippen molar-refractivity contribution in [3.05, 3.63) is 48.3 Å². The molecule has 1 saturated heterocycles. The van der Waals surface area contributed by atoms with Gasteiger partial charge in [0.1, 0.15) is 5.69 Å². The Bertz CT molecular complexity index is 653. The molecule has 2 aromatic rings. The maximum Gasteiger partial charge on any atom is 0.277 e. The van der Waals surface area contributed by atoms with Gasteiger partial charge in [-0.15, -0.1) is 0 Å². The number of piperidine rings is 1. The molecule has 1 aliphatic heterocycles. The number of hydrogen-bond acceptors (Lipinski definition) is 4. The summed E-state index contributed by atoms with van der Waals surface area (Å²) in [7, 11) is 0. The lowest BCUT2D eigenvalue weighted by atomic mass is 10.1. The van der Waals surface area contributed by atoms with Crippen LogP contribution in [0.3, 0.4) is 0 Å². The molecule has 1 amide bonds. The number of aromatic nitrogens is 2. The highest BCUT2D eigenvalue weighted by molar-refractivity contribution is 6.04. The van der Waals surface area contributed by atoms with Gasteiger partial charge >= 0.3 is 0 Å². The Labute approximate surface area is 137 Å². The van der Waals surface area contributed by atoms with Crippen LogP contribution in [-0.4, -0.2) is 35.5 Å². The Balaban J connectivity index is 1.84. The highest BCUT2D eigenvalue weighted by Crippen LogP contribution is 2.18. The van der Waals surface area contributed by atoms with E-state index in [1.807, 2.05) is 37.3 Å². The van der Waals surface area contributed by atoms with Crippen LogP contribution in [0.5, 0.6) is 0 Å². The van der Waals surface area contributed by atoms with Gasteiger partial charge in [0.15, 0.2) is 0 Å². The number of benzene rings is 1. The van der Waals surface area contributed by atoms with Gasteiger partial charge in [-0.05, 0) is 44.4 Å². The van der Waals surface area contributed by atoms with E-state index in [1.165, 1.54) is 6.42 Å². The topological polar surface area (TPSA) is 49.3 Å². The molecule has 0 unspecified atom stereocenters. The van der Waals surface area contributed by atoms with Gasteiger partial charge in [0.2, 0.25) is 5.95 Å². The number of carbonyl (C=O) groups is 1. The van der Waals surface area contributed by atoms with Crippen LogP contribution in [0.1, 0.15) is 36.7 Å². The molecule has 2 heterocycles. The third kappa shape index (κ3) is 3.50. The summed E-state index contributed by atoms with van der Waals surface area (Å²) in [6.45, 7) is 4.51. The van der Waals surface area contributed by atoms with Crippen LogP contribution in [0, 0.1) is 0 Å². The second kappa shape index (κ2) is 7.22. The number of amides is 1. The minimum atomic E-state index is -0.0839. The molecule has 0 aliphatic carbocycles. The summed E-state index contributed by atoms with van der Waals surface area (Å²) in [5.74, 6) is 0.582. The quantitative estimate of drug-likeness (QED) is 0.870. The second-order valence-corrected chi connectivity index (χ2v) is 5.67. The minimum absolute atomic E-state index is 0.0839. The largest absolute Gasteiger partial charge is 0.341 e. The van der Waals surface area contributed by atoms with Crippen LogP contribution in [0.2, 0.25) is 0 Å². The first-order valence-corrected chi connectivity index (χ1v) is 8.24. The van der Waals surface area contributed by atoms with Crippen LogP contribution >= 0.6 is 0 Å². The number of nitrogens with zero attached hydrogens (tertiary/aromatic N) is 4. The van der Waals surface area contributed by atoms with E-state index in [4.69, 9.17) is 0 Å². The molecular weight excluding hydrogens is 288 g/mol. The molecular formula is C18H22N4O. The molecule has 0 N–H and O–H groups in total. The monoisotopic (exact) mass is 310 g/mol. The zero-order valence-electron chi connectivity index (χ0n) is 13.5. The van der Waals surface area contributed by atoms with Gasteiger partial charge in [-0.2, -0.15) is 0 Å². The maximum atomic E-state index is 12.8. The molecule has 1 aromatic carbocycles. The number of para-hydroxylation sites is 1. The molecule has 1 fully saturated rings. The molecule has 1 aromatic heterocycles. The molecule has 1 aliphatic rings. The van der Waals surface area contributed by atoms with Crippen molar-refractivity contribution in [1.29, 1.82) is 0 Å². The molecule has 5 heteroatoms. The lowest BCUT2D eigenvalue weighted by Gasteiger charge is -2.27. The summed E-state index contributed by atoms with van der Waals surface area (Å²) in [6.07, 6.45) is 5.26. The summed E-state index contributed by atoms with van der Waals surface area (Å²) in [5, 5.41) is 0. The van der Waals surface area contributed by atoms with Crippen LogP contribution in [0.15, 0.2) is 42.6 Å². The van der Waals surface area contributed by atoms with Crippen molar-refractivity contribution in [3.63, 3.8) is 0 Å². The van der Waals surface area contributed by atoms with E-state index in [9.17, 15) is 4.79 Å². The van der Waals surface area contributed by atoms with E-state index < -0.39 is 0 Å². The molecule has 0 atom stereocenters. The smallest absolute Gasteiger partial charge is 0.277 e. The van der Waals surface area contributed by atoms with Gasteiger partial charge in [-0.3, -0.25) is 4.79 Å². The van der Waals surface area contributed by atoms with Crippen LogP contribution in [0.4, 0.5) is 11.6 Å². The molecule has 5 nitrogen and oxygen atoms in total. The second-order valence-electron chi connectivity index (χ2n) is 5.67. The average Bonchev–Trinajstić information content (AvgIpc) is 2.64. The molecule has 0 saturated carbocycles. The van der Waals surface area contributed by atoms with E-state index in [0.29, 0.717) is 18.2 Å². The summed E-state index contributed by atoms with van der Waals surface area (Å²) < 4.78 is 0. The van der Waals surface area contributed by atoms with Crippen molar-refractivity contribution in [2.45, 2.75) is 26.2 Å². The first kappa shape index (κ1) is 15.5. The Morgan fingerprint density at radius 2 is 1.87 bits per heavy atom. The highest BCUT2D eigenvalue weighted by Gasteiger charge is 2.20. The fourth-order valence-corrected chi connectivity index (χ4v) is 2.90. The van der Waals surface area contributed by atoms with Gasteiger partial charge in [0.05, 0.1) is 0 Å². The predicted octanol–water partition coefficient (Wildman–Crippen LogP) is 3.13. The molecule has 23 heavy (non-hydrogen) atoms. The van der Waals surface area contributed by atoms with Crippen molar-refractivity contribution in [2.75, 3.05) is 29.4 Å². The molecule has 0 radical (unpaired) electrons. The first-order valence-electron chi connectivity index (χ1n) is 8.24. The van der Waals surface area contributed by atoms with Gasteiger partial charge in [-0.1, -0.05) is 18.2 Å². The third-order valence-corrected chi connectivity index (χ3v) is 4.13. The zero-order valence-corrected chi connectivity index (χ0v) is 13.5. The highest BCUT2D eigenvalue weighted by atomic mass is 16.2. The van der Waals surface area contributed by atoms with Gasteiger partial charge < -0.3 is 9.80 Å². The van der Waals surface area contributed by atoms with Gasteiger partial charge in [-0.25, -0.2) is 9.97 Å². The van der Waals surface area contributed by atoms with E-state index in [1.54, 1.807) is 17.2 Å². The third-order valence-electron chi connectivity index (χ3n) is 4.13. The minimum Gasteiger partial charge on any atom is -0.341 e. The average molecular weight is 310 g/mol. The van der Waals surface area contributed by atoms with Crippen molar-refractivity contribution in [3.8, 4) is 0 Å². The first-order chi connectivity index (χ1) is 11.3. The zero-order chi connectivity index (χ0) is 16.1. The lowest BCUT2D eigenvalue weighted by molar-refractivity contribution is 0.0983. The van der Waals surface area contributed by atoms with Crippen LogP contribution in [0.25, 0.3) is 0 Å². The molecule has 120 valence electrons. The number of carbonyl (C=O) groups excluding carboxylic acids is 1. The standard InChI is InChI=1S/C18H22N4O/c1-2-22(15-9-5-3-6-10-15)17(23)16-11-12-19-18(20-16)21-13-7-4-8-14-21/h3,5-6,9-12H,2,4,7-8,13-14H2,1H3. The van der Waals surface area contributed by atoms with Crippen molar-refractivity contribution < 1.29 is 4.79 Å². The molecule has 0 spiro atoms. The number of anilines is 2. The van der Waals surface area contributed by atoms with Gasteiger partial charge in [0.25, 0.3) is 5.91 Å². The SMILES string of the molecule is CCN(C(=O)c1ccnc(N2CCCCC2)n1)c1ccccc1.